The largest absolute Gasteiger partial charge is 0.421 e. The molecule has 0 N–H and O–H groups in total. The molecule has 0 aliphatic carbocycles. The van der Waals surface area contributed by atoms with Gasteiger partial charge in [-0.2, -0.15) is 0 Å². The quantitative estimate of drug-likeness (QED) is 0.341. The Morgan fingerprint density at radius 1 is 1.07 bits per heavy atom. The van der Waals surface area contributed by atoms with Crippen LogP contribution in [0.5, 0.6) is 5.75 Å². The first-order valence-corrected chi connectivity index (χ1v) is 10.8. The highest BCUT2D eigenvalue weighted by Crippen LogP contribution is 2.23. The molecule has 6 nitrogen and oxygen atoms in total. The highest BCUT2D eigenvalue weighted by Gasteiger charge is 2.24. The van der Waals surface area contributed by atoms with Gasteiger partial charge in [-0.15, -0.1) is 0 Å². The molecule has 150 valence electrons. The van der Waals surface area contributed by atoms with Crippen LogP contribution in [-0.2, 0) is 15.6 Å². The summed E-state index contributed by atoms with van der Waals surface area (Å²) in [6.45, 7) is 5.54. The van der Waals surface area contributed by atoms with Crippen LogP contribution in [0.15, 0.2) is 53.8 Å². The maximum absolute atomic E-state index is 12.8. The van der Waals surface area contributed by atoms with Crippen molar-refractivity contribution in [3.63, 3.8) is 0 Å². The van der Waals surface area contributed by atoms with Gasteiger partial charge in [-0.05, 0) is 43.5 Å². The zero-order chi connectivity index (χ0) is 21.2. The number of carbonyl (C=O) groups is 1. The molecule has 0 saturated heterocycles. The number of benzene rings is 2. The highest BCUT2D eigenvalue weighted by atomic mass is 35.5. The van der Waals surface area contributed by atoms with Crippen molar-refractivity contribution in [2.75, 3.05) is 0 Å². The summed E-state index contributed by atoms with van der Waals surface area (Å²) in [4.78, 5) is 20.3. The van der Waals surface area contributed by atoms with Crippen LogP contribution >= 0.6 is 11.6 Å². The minimum absolute atomic E-state index is 0.0883. The molecule has 0 aliphatic rings. The van der Waals surface area contributed by atoms with E-state index >= 15 is 0 Å². The number of nitrogens with zero attached hydrogens (tertiary/aromatic N) is 2. The fraction of sp³-hybridized carbons (Fsp3) is 0.190. The van der Waals surface area contributed by atoms with Gasteiger partial charge in [-0.3, -0.25) is 0 Å². The van der Waals surface area contributed by atoms with Crippen LogP contribution < -0.4 is 4.74 Å². The predicted molar refractivity (Wildman–Crippen MR) is 110 cm³/mol. The minimum Gasteiger partial charge on any atom is -0.421 e. The van der Waals surface area contributed by atoms with E-state index < -0.39 is 21.0 Å². The molecule has 0 spiro atoms. The van der Waals surface area contributed by atoms with Gasteiger partial charge in [0.25, 0.3) is 0 Å². The molecular weight excluding hydrogens is 412 g/mol. The summed E-state index contributed by atoms with van der Waals surface area (Å²) in [5, 5.41) is -0.563. The monoisotopic (exact) mass is 430 g/mol. The van der Waals surface area contributed by atoms with E-state index in [4.69, 9.17) is 16.3 Å². The van der Waals surface area contributed by atoms with Crippen molar-refractivity contribution in [2.45, 2.75) is 31.7 Å². The number of hydrogen-bond donors (Lipinski definition) is 0. The number of sulfone groups is 1. The molecule has 1 heterocycles. The van der Waals surface area contributed by atoms with Gasteiger partial charge >= 0.3 is 5.97 Å². The third-order valence-electron chi connectivity index (χ3n) is 4.33. The van der Waals surface area contributed by atoms with Crippen LogP contribution in [0.25, 0.3) is 0 Å². The Bertz CT molecular complexity index is 1190. The first-order valence-electron chi connectivity index (χ1n) is 8.76. The fourth-order valence-corrected chi connectivity index (χ4v) is 4.22. The Balaban J connectivity index is 1.91. The third kappa shape index (κ3) is 4.81. The molecule has 3 aromatic rings. The van der Waals surface area contributed by atoms with Gasteiger partial charge in [-0.1, -0.05) is 53.6 Å². The summed E-state index contributed by atoms with van der Waals surface area (Å²) in [7, 11) is -3.88. The van der Waals surface area contributed by atoms with Gasteiger partial charge in [0.1, 0.15) is 5.75 Å². The highest BCUT2D eigenvalue weighted by molar-refractivity contribution is 7.90. The summed E-state index contributed by atoms with van der Waals surface area (Å²) in [5.74, 6) is -0.788. The summed E-state index contributed by atoms with van der Waals surface area (Å²) >= 11 is 6.04. The SMILES string of the molecule is Cc1ccc(OC(=O)c2nc(S(=O)(=O)Cc3ccccc3C)ncc2Cl)c(C)c1. The van der Waals surface area contributed by atoms with E-state index in [1.54, 1.807) is 31.2 Å². The van der Waals surface area contributed by atoms with Gasteiger partial charge in [0, 0.05) is 0 Å². The summed E-state index contributed by atoms with van der Waals surface area (Å²) in [6.07, 6.45) is 1.10. The molecule has 0 saturated carbocycles. The maximum Gasteiger partial charge on any atom is 0.364 e. The summed E-state index contributed by atoms with van der Waals surface area (Å²) in [6, 6.07) is 12.4. The second-order valence-corrected chi connectivity index (χ2v) is 8.98. The van der Waals surface area contributed by atoms with Crippen LogP contribution in [-0.4, -0.2) is 24.4 Å². The Hall–Kier alpha value is -2.77. The smallest absolute Gasteiger partial charge is 0.364 e. The van der Waals surface area contributed by atoms with Gasteiger partial charge in [0.15, 0.2) is 5.69 Å². The lowest BCUT2D eigenvalue weighted by molar-refractivity contribution is 0.0726. The van der Waals surface area contributed by atoms with Crippen molar-refractivity contribution in [1.82, 2.24) is 9.97 Å². The average Bonchev–Trinajstić information content (AvgIpc) is 2.66. The minimum atomic E-state index is -3.88. The number of aromatic nitrogens is 2. The van der Waals surface area contributed by atoms with Gasteiger partial charge in [-0.25, -0.2) is 23.2 Å². The van der Waals surface area contributed by atoms with Crippen LogP contribution in [0, 0.1) is 20.8 Å². The maximum atomic E-state index is 12.8. The van der Waals surface area contributed by atoms with Crippen LogP contribution in [0.3, 0.4) is 0 Å². The van der Waals surface area contributed by atoms with Crippen LogP contribution in [0.4, 0.5) is 0 Å². The van der Waals surface area contributed by atoms with Gasteiger partial charge in [0.05, 0.1) is 17.0 Å². The second kappa shape index (κ2) is 8.31. The van der Waals surface area contributed by atoms with E-state index in [1.807, 2.05) is 32.0 Å². The third-order valence-corrected chi connectivity index (χ3v) is 6.05. The Labute approximate surface area is 174 Å². The van der Waals surface area contributed by atoms with Crippen LogP contribution in [0.2, 0.25) is 5.02 Å². The van der Waals surface area contributed by atoms with Gasteiger partial charge < -0.3 is 4.74 Å². The van der Waals surface area contributed by atoms with Crippen molar-refractivity contribution in [3.8, 4) is 5.75 Å². The first kappa shape index (κ1) is 21.0. The Morgan fingerprint density at radius 2 is 1.79 bits per heavy atom. The van der Waals surface area contributed by atoms with Crippen molar-refractivity contribution >= 4 is 27.4 Å². The number of halogens is 1. The van der Waals surface area contributed by atoms with E-state index in [0.29, 0.717) is 11.3 Å². The van der Waals surface area contributed by atoms with Crippen LogP contribution in [0.1, 0.15) is 32.7 Å². The van der Waals surface area contributed by atoms with E-state index in [0.717, 1.165) is 22.9 Å². The number of ether oxygens (including phenoxy) is 1. The molecule has 8 heteroatoms. The number of carbonyl (C=O) groups excluding carboxylic acids is 1. The topological polar surface area (TPSA) is 86.2 Å². The number of aryl methyl sites for hydroxylation is 3. The lowest BCUT2D eigenvalue weighted by Crippen LogP contribution is -2.17. The molecule has 0 unspecified atom stereocenters. The molecule has 2 aromatic carbocycles. The zero-order valence-corrected chi connectivity index (χ0v) is 17.7. The lowest BCUT2D eigenvalue weighted by atomic mass is 10.1. The summed E-state index contributed by atoms with van der Waals surface area (Å²) in [5.41, 5.74) is 2.94. The summed E-state index contributed by atoms with van der Waals surface area (Å²) < 4.78 is 30.9. The van der Waals surface area contributed by atoms with Crippen molar-refractivity contribution in [2.24, 2.45) is 0 Å². The second-order valence-electron chi connectivity index (χ2n) is 6.69. The fourth-order valence-electron chi connectivity index (χ4n) is 2.75. The Kier molecular flexibility index (Phi) is 6.00. The predicted octanol–water partition coefficient (Wildman–Crippen LogP) is 4.25. The van der Waals surface area contributed by atoms with Gasteiger partial charge in [0.2, 0.25) is 15.0 Å². The zero-order valence-electron chi connectivity index (χ0n) is 16.1. The molecule has 0 fully saturated rings. The molecule has 1 aromatic heterocycles. The van der Waals surface area contributed by atoms with E-state index in [9.17, 15) is 13.2 Å². The number of hydrogen-bond acceptors (Lipinski definition) is 6. The normalized spacial score (nSPS) is 11.3. The number of esters is 1. The molecular formula is C21H19ClN2O4S. The first-order chi connectivity index (χ1) is 13.7. The number of rotatable bonds is 5. The lowest BCUT2D eigenvalue weighted by Gasteiger charge is -2.10. The molecule has 0 bridgehead atoms. The Morgan fingerprint density at radius 3 is 2.48 bits per heavy atom. The molecule has 0 radical (unpaired) electrons. The standard InChI is InChI=1S/C21H19ClN2O4S/c1-13-8-9-18(15(3)10-13)28-20(25)19-17(22)11-23-21(24-19)29(26,27)12-16-7-5-4-6-14(16)2/h4-11H,12H2,1-3H3. The van der Waals surface area contributed by atoms with E-state index in [-0.39, 0.29) is 16.5 Å². The van der Waals surface area contributed by atoms with Crippen molar-refractivity contribution in [1.29, 1.82) is 0 Å². The molecule has 0 atom stereocenters. The van der Waals surface area contributed by atoms with Crippen molar-refractivity contribution in [3.05, 3.63) is 81.6 Å². The molecule has 0 aliphatic heterocycles. The molecule has 29 heavy (non-hydrogen) atoms. The van der Waals surface area contributed by atoms with E-state index in [2.05, 4.69) is 9.97 Å². The van der Waals surface area contributed by atoms with Crippen molar-refractivity contribution < 1.29 is 17.9 Å². The molecule has 3 rings (SSSR count). The molecule has 0 amide bonds. The average molecular weight is 431 g/mol. The van der Waals surface area contributed by atoms with E-state index in [1.165, 1.54) is 0 Å².